The van der Waals surface area contributed by atoms with Crippen molar-refractivity contribution in [2.24, 2.45) is 0 Å². The highest BCUT2D eigenvalue weighted by Gasteiger charge is 2.37. The molecule has 0 saturated heterocycles. The maximum atomic E-state index is 13.7. The number of carbonyl (C=O) groups excluding carboxylic acids is 2. The molecule has 4 rings (SSSR count). The molecule has 6 heteroatoms. The van der Waals surface area contributed by atoms with Gasteiger partial charge in [-0.2, -0.15) is 0 Å². The maximum absolute atomic E-state index is 13.7. The number of aryl methyl sites for hydroxylation is 2. The molecule has 160 valence electrons. The van der Waals surface area contributed by atoms with Gasteiger partial charge in [-0.15, -0.1) is 0 Å². The Hall–Kier alpha value is -3.41. The number of pyridine rings is 1. The molecule has 31 heavy (non-hydrogen) atoms. The number of nitrogens with zero attached hydrogens (tertiary/aromatic N) is 2. The minimum atomic E-state index is -0.846. The van der Waals surface area contributed by atoms with Crippen LogP contribution < -0.4 is 10.2 Å². The minimum Gasteiger partial charge on any atom is -0.459 e. The van der Waals surface area contributed by atoms with Crippen molar-refractivity contribution in [2.75, 3.05) is 4.90 Å². The predicted molar refractivity (Wildman–Crippen MR) is 119 cm³/mol. The summed E-state index contributed by atoms with van der Waals surface area (Å²) in [5, 5.41) is 3.18. The number of aromatic nitrogens is 1. The molecule has 0 radical (unpaired) electrons. The summed E-state index contributed by atoms with van der Waals surface area (Å²) in [4.78, 5) is 33.0. The van der Waals surface area contributed by atoms with E-state index in [2.05, 4.69) is 10.3 Å². The zero-order valence-electron chi connectivity index (χ0n) is 17.9. The van der Waals surface area contributed by atoms with Crippen LogP contribution in [0.15, 0.2) is 65.5 Å². The van der Waals surface area contributed by atoms with Crippen molar-refractivity contribution < 1.29 is 14.0 Å². The molecular formula is C25H27N3O3. The average Bonchev–Trinajstić information content (AvgIpc) is 3.47. The van der Waals surface area contributed by atoms with Crippen molar-refractivity contribution in [3.05, 3.63) is 83.6 Å². The second-order valence-corrected chi connectivity index (χ2v) is 8.07. The van der Waals surface area contributed by atoms with Gasteiger partial charge in [0.2, 0.25) is 5.91 Å². The van der Waals surface area contributed by atoms with Crippen LogP contribution >= 0.6 is 0 Å². The number of hydrogen-bond acceptors (Lipinski definition) is 4. The molecule has 1 aromatic carbocycles. The summed E-state index contributed by atoms with van der Waals surface area (Å²) in [6, 6.07) is 12.0. The van der Waals surface area contributed by atoms with E-state index in [9.17, 15) is 9.59 Å². The SMILES string of the molecule is Cc1cccc(C)c1N(C(=O)c1ccco1)[C@@H](C(=O)NC1CCCC1)c1ccncc1. The van der Waals surface area contributed by atoms with Crippen LogP contribution in [0, 0.1) is 13.8 Å². The summed E-state index contributed by atoms with van der Waals surface area (Å²) < 4.78 is 5.44. The molecule has 0 bridgehead atoms. The number of para-hydroxylation sites is 1. The van der Waals surface area contributed by atoms with Crippen LogP contribution in [-0.4, -0.2) is 22.8 Å². The minimum absolute atomic E-state index is 0.135. The van der Waals surface area contributed by atoms with Crippen LogP contribution in [0.4, 0.5) is 5.69 Å². The fraction of sp³-hybridized carbons (Fsp3) is 0.320. The molecular weight excluding hydrogens is 390 g/mol. The predicted octanol–water partition coefficient (Wildman–Crippen LogP) is 4.74. The van der Waals surface area contributed by atoms with E-state index >= 15 is 0 Å². The molecule has 1 aliphatic carbocycles. The Labute approximate surface area is 182 Å². The molecule has 0 aliphatic heterocycles. The molecule has 2 aromatic heterocycles. The Morgan fingerprint density at radius 2 is 1.71 bits per heavy atom. The van der Waals surface area contributed by atoms with E-state index in [1.165, 1.54) is 6.26 Å². The molecule has 1 fully saturated rings. The smallest absolute Gasteiger partial charge is 0.294 e. The van der Waals surface area contributed by atoms with Gasteiger partial charge in [0.05, 0.1) is 12.0 Å². The van der Waals surface area contributed by atoms with Crippen molar-refractivity contribution in [3.8, 4) is 0 Å². The highest BCUT2D eigenvalue weighted by Crippen LogP contribution is 2.35. The topological polar surface area (TPSA) is 75.4 Å². The summed E-state index contributed by atoms with van der Waals surface area (Å²) in [6.45, 7) is 3.90. The molecule has 1 aliphatic rings. The lowest BCUT2D eigenvalue weighted by atomic mass is 10.00. The highest BCUT2D eigenvalue weighted by atomic mass is 16.3. The fourth-order valence-electron chi connectivity index (χ4n) is 4.37. The normalized spacial score (nSPS) is 14.9. The first-order chi connectivity index (χ1) is 15.1. The number of nitrogens with one attached hydrogen (secondary N) is 1. The van der Waals surface area contributed by atoms with Crippen LogP contribution in [-0.2, 0) is 4.79 Å². The molecule has 1 saturated carbocycles. The largest absolute Gasteiger partial charge is 0.459 e. The summed E-state index contributed by atoms with van der Waals surface area (Å²) in [6.07, 6.45) is 8.90. The van der Waals surface area contributed by atoms with Crippen LogP contribution in [0.2, 0.25) is 0 Å². The molecule has 2 heterocycles. The van der Waals surface area contributed by atoms with Gasteiger partial charge >= 0.3 is 0 Å². The van der Waals surface area contributed by atoms with E-state index < -0.39 is 6.04 Å². The number of furan rings is 1. The van der Waals surface area contributed by atoms with E-state index in [0.717, 1.165) is 36.8 Å². The number of amides is 2. The Morgan fingerprint density at radius 1 is 1.03 bits per heavy atom. The number of benzene rings is 1. The first-order valence-corrected chi connectivity index (χ1v) is 10.7. The highest BCUT2D eigenvalue weighted by molar-refractivity contribution is 6.09. The number of hydrogen-bond donors (Lipinski definition) is 1. The summed E-state index contributed by atoms with van der Waals surface area (Å²) in [7, 11) is 0. The molecule has 0 spiro atoms. The molecule has 2 amide bonds. The van der Waals surface area contributed by atoms with Gasteiger partial charge in [-0.25, -0.2) is 0 Å². The second-order valence-electron chi connectivity index (χ2n) is 8.07. The Balaban J connectivity index is 1.85. The van der Waals surface area contributed by atoms with Crippen LogP contribution in [0.5, 0.6) is 0 Å². The third kappa shape index (κ3) is 4.38. The summed E-state index contributed by atoms with van der Waals surface area (Å²) in [5.41, 5.74) is 3.24. The van der Waals surface area contributed by atoms with Crippen molar-refractivity contribution in [3.63, 3.8) is 0 Å². The lowest BCUT2D eigenvalue weighted by molar-refractivity contribution is -0.123. The van der Waals surface area contributed by atoms with Crippen molar-refractivity contribution in [1.29, 1.82) is 0 Å². The zero-order valence-corrected chi connectivity index (χ0v) is 17.9. The van der Waals surface area contributed by atoms with Gasteiger partial charge in [0, 0.05) is 18.4 Å². The van der Waals surface area contributed by atoms with Gasteiger partial charge < -0.3 is 9.73 Å². The molecule has 1 atom stereocenters. The lowest BCUT2D eigenvalue weighted by Gasteiger charge is -2.33. The van der Waals surface area contributed by atoms with Crippen LogP contribution in [0.25, 0.3) is 0 Å². The first kappa shape index (κ1) is 20.8. The molecule has 1 N–H and O–H groups in total. The zero-order chi connectivity index (χ0) is 21.8. The van der Waals surface area contributed by atoms with Gasteiger partial charge in [-0.1, -0.05) is 31.0 Å². The first-order valence-electron chi connectivity index (χ1n) is 10.7. The second kappa shape index (κ2) is 9.16. The Morgan fingerprint density at radius 3 is 2.32 bits per heavy atom. The van der Waals surface area contributed by atoms with Gasteiger partial charge in [0.15, 0.2) is 5.76 Å². The van der Waals surface area contributed by atoms with Gasteiger partial charge in [0.1, 0.15) is 6.04 Å². The monoisotopic (exact) mass is 417 g/mol. The van der Waals surface area contributed by atoms with E-state index in [0.29, 0.717) is 11.3 Å². The third-order valence-corrected chi connectivity index (χ3v) is 5.86. The van der Waals surface area contributed by atoms with Crippen molar-refractivity contribution in [1.82, 2.24) is 10.3 Å². The number of carbonyl (C=O) groups is 2. The number of anilines is 1. The summed E-state index contributed by atoms with van der Waals surface area (Å²) in [5.74, 6) is -0.359. The average molecular weight is 418 g/mol. The third-order valence-electron chi connectivity index (χ3n) is 5.86. The van der Waals surface area contributed by atoms with Crippen molar-refractivity contribution in [2.45, 2.75) is 51.6 Å². The lowest BCUT2D eigenvalue weighted by Crippen LogP contribution is -2.46. The van der Waals surface area contributed by atoms with Gasteiger partial charge in [-0.05, 0) is 67.6 Å². The number of rotatable bonds is 6. The van der Waals surface area contributed by atoms with Crippen LogP contribution in [0.3, 0.4) is 0 Å². The quantitative estimate of drug-likeness (QED) is 0.629. The van der Waals surface area contributed by atoms with Gasteiger partial charge in [0.25, 0.3) is 5.91 Å². The van der Waals surface area contributed by atoms with E-state index in [4.69, 9.17) is 4.42 Å². The van der Waals surface area contributed by atoms with Gasteiger partial charge in [-0.3, -0.25) is 19.5 Å². The maximum Gasteiger partial charge on any atom is 0.294 e. The summed E-state index contributed by atoms with van der Waals surface area (Å²) >= 11 is 0. The van der Waals surface area contributed by atoms with Crippen LogP contribution in [0.1, 0.15) is 59.0 Å². The fourth-order valence-corrected chi connectivity index (χ4v) is 4.37. The Bertz CT molecular complexity index is 1020. The van der Waals surface area contributed by atoms with E-state index in [-0.39, 0.29) is 23.6 Å². The Kier molecular flexibility index (Phi) is 6.16. The van der Waals surface area contributed by atoms with E-state index in [1.54, 1.807) is 41.6 Å². The molecule has 0 unspecified atom stereocenters. The standard InChI is InChI=1S/C25H27N3O3/c1-17-7-5-8-18(2)22(17)28(25(30)21-11-6-16-31-21)23(19-12-14-26-15-13-19)24(29)27-20-9-3-4-10-20/h5-8,11-16,20,23H,3-4,9-10H2,1-2H3,(H,27,29)/t23-/m1/s1. The molecule has 3 aromatic rings. The van der Waals surface area contributed by atoms with E-state index in [1.807, 2.05) is 32.0 Å². The van der Waals surface area contributed by atoms with Crippen molar-refractivity contribution >= 4 is 17.5 Å². The molecule has 6 nitrogen and oxygen atoms in total.